The van der Waals surface area contributed by atoms with Crippen molar-refractivity contribution in [3.63, 3.8) is 0 Å². The van der Waals surface area contributed by atoms with Gasteiger partial charge in [-0.25, -0.2) is 9.97 Å². The summed E-state index contributed by atoms with van der Waals surface area (Å²) in [4.78, 5) is 9.25. The Morgan fingerprint density at radius 1 is 1.39 bits per heavy atom. The normalized spacial score (nSPS) is 14.8. The second-order valence-electron chi connectivity index (χ2n) is 4.53. The molecule has 94 valence electrons. The Balaban J connectivity index is 2.18. The Bertz CT molecular complexity index is 590. The van der Waals surface area contributed by atoms with Crippen LogP contribution in [0.1, 0.15) is 30.1 Å². The molecule has 0 spiro atoms. The van der Waals surface area contributed by atoms with Crippen LogP contribution < -0.4 is 5.32 Å². The number of nitrogens with zero attached hydrogens (tertiary/aromatic N) is 2. The molecule has 0 aromatic carbocycles. The number of hydrogen-bond donors (Lipinski definition) is 1. The van der Waals surface area contributed by atoms with E-state index in [2.05, 4.69) is 31.2 Å². The maximum Gasteiger partial charge on any atom is 0.166 e. The predicted molar refractivity (Wildman–Crippen MR) is 73.7 cm³/mol. The lowest BCUT2D eigenvalue weighted by Crippen LogP contribution is -2.04. The quantitative estimate of drug-likeness (QED) is 0.939. The van der Waals surface area contributed by atoms with Crippen LogP contribution in [0.25, 0.3) is 11.5 Å². The summed E-state index contributed by atoms with van der Waals surface area (Å²) in [5.74, 6) is 3.09. The molecule has 2 heterocycles. The maximum absolute atomic E-state index is 5.52. The van der Waals surface area contributed by atoms with Gasteiger partial charge < -0.3 is 9.73 Å². The summed E-state index contributed by atoms with van der Waals surface area (Å²) < 4.78 is 6.45. The van der Waals surface area contributed by atoms with Crippen LogP contribution in [-0.2, 0) is 0 Å². The minimum atomic E-state index is 0.519. The van der Waals surface area contributed by atoms with E-state index < -0.39 is 0 Å². The molecule has 1 aliphatic carbocycles. The summed E-state index contributed by atoms with van der Waals surface area (Å²) in [7, 11) is 1.88. The standard InChI is InChI=1S/C13H14BrN3O/c1-7-10(11-9(14)5-6-18-11)16-13(8-3-4-8)17-12(7)15-2/h5-6,8H,3-4H2,1-2H3,(H,15,16,17). The highest BCUT2D eigenvalue weighted by molar-refractivity contribution is 9.10. The number of anilines is 1. The van der Waals surface area contributed by atoms with Crippen molar-refractivity contribution in [3.8, 4) is 11.5 Å². The summed E-state index contributed by atoms with van der Waals surface area (Å²) >= 11 is 3.49. The molecular formula is C13H14BrN3O. The summed E-state index contributed by atoms with van der Waals surface area (Å²) in [6, 6.07) is 1.88. The van der Waals surface area contributed by atoms with E-state index in [1.54, 1.807) is 6.26 Å². The highest BCUT2D eigenvalue weighted by Crippen LogP contribution is 2.41. The third-order valence-corrected chi connectivity index (χ3v) is 3.80. The fraction of sp³-hybridized carbons (Fsp3) is 0.385. The molecule has 3 rings (SSSR count). The molecule has 1 N–H and O–H groups in total. The van der Waals surface area contributed by atoms with Crippen LogP contribution in [0.2, 0.25) is 0 Å². The van der Waals surface area contributed by atoms with E-state index in [-0.39, 0.29) is 0 Å². The molecular weight excluding hydrogens is 294 g/mol. The molecule has 0 saturated heterocycles. The molecule has 2 aromatic rings. The maximum atomic E-state index is 5.52. The predicted octanol–water partition coefficient (Wildman–Crippen LogP) is 3.73. The average Bonchev–Trinajstić information content (AvgIpc) is 3.13. The SMILES string of the molecule is CNc1nc(C2CC2)nc(-c2occc2Br)c1C. The number of nitrogens with one attached hydrogen (secondary N) is 1. The Labute approximate surface area is 114 Å². The van der Waals surface area contributed by atoms with Crippen molar-refractivity contribution in [1.29, 1.82) is 0 Å². The first kappa shape index (κ1) is 11.7. The molecule has 1 aliphatic rings. The minimum Gasteiger partial charge on any atom is -0.461 e. The van der Waals surface area contributed by atoms with E-state index in [1.807, 2.05) is 20.0 Å². The summed E-state index contributed by atoms with van der Waals surface area (Å²) in [6.07, 6.45) is 4.03. The molecule has 1 saturated carbocycles. The van der Waals surface area contributed by atoms with Crippen LogP contribution >= 0.6 is 15.9 Å². The Morgan fingerprint density at radius 3 is 2.72 bits per heavy atom. The Hall–Kier alpha value is -1.36. The van der Waals surface area contributed by atoms with Gasteiger partial charge >= 0.3 is 0 Å². The zero-order valence-electron chi connectivity index (χ0n) is 10.3. The van der Waals surface area contributed by atoms with E-state index in [0.717, 1.165) is 33.1 Å². The largest absolute Gasteiger partial charge is 0.461 e. The lowest BCUT2D eigenvalue weighted by molar-refractivity contribution is 0.577. The molecule has 18 heavy (non-hydrogen) atoms. The van der Waals surface area contributed by atoms with Gasteiger partial charge in [0.25, 0.3) is 0 Å². The average molecular weight is 308 g/mol. The second kappa shape index (κ2) is 4.39. The van der Waals surface area contributed by atoms with Gasteiger partial charge in [-0.15, -0.1) is 0 Å². The third kappa shape index (κ3) is 1.92. The smallest absolute Gasteiger partial charge is 0.166 e. The van der Waals surface area contributed by atoms with Crippen LogP contribution in [0.4, 0.5) is 5.82 Å². The zero-order valence-corrected chi connectivity index (χ0v) is 11.9. The Morgan fingerprint density at radius 2 is 2.17 bits per heavy atom. The molecule has 0 amide bonds. The molecule has 0 unspecified atom stereocenters. The van der Waals surface area contributed by atoms with Crippen molar-refractivity contribution < 1.29 is 4.42 Å². The highest BCUT2D eigenvalue weighted by Gasteiger charge is 2.29. The topological polar surface area (TPSA) is 51.0 Å². The number of halogens is 1. The summed E-state index contributed by atoms with van der Waals surface area (Å²) in [5, 5.41) is 3.13. The zero-order chi connectivity index (χ0) is 12.7. The van der Waals surface area contributed by atoms with Gasteiger partial charge in [0.05, 0.1) is 10.7 Å². The van der Waals surface area contributed by atoms with E-state index in [9.17, 15) is 0 Å². The lowest BCUT2D eigenvalue weighted by atomic mass is 10.2. The first-order chi connectivity index (χ1) is 8.70. The van der Waals surface area contributed by atoms with E-state index in [1.165, 1.54) is 12.8 Å². The summed E-state index contributed by atoms with van der Waals surface area (Å²) in [5.41, 5.74) is 1.88. The lowest BCUT2D eigenvalue weighted by Gasteiger charge is -2.10. The fourth-order valence-electron chi connectivity index (χ4n) is 1.99. The molecule has 4 nitrogen and oxygen atoms in total. The van der Waals surface area contributed by atoms with Gasteiger partial charge in [-0.05, 0) is 41.8 Å². The molecule has 0 bridgehead atoms. The van der Waals surface area contributed by atoms with Crippen molar-refractivity contribution in [3.05, 3.63) is 28.2 Å². The number of furan rings is 1. The first-order valence-electron chi connectivity index (χ1n) is 6.00. The number of rotatable bonds is 3. The van der Waals surface area contributed by atoms with Gasteiger partial charge in [-0.2, -0.15) is 0 Å². The molecule has 0 radical (unpaired) electrons. The van der Waals surface area contributed by atoms with Gasteiger partial charge in [0.2, 0.25) is 0 Å². The number of hydrogen-bond acceptors (Lipinski definition) is 4. The third-order valence-electron chi connectivity index (χ3n) is 3.17. The van der Waals surface area contributed by atoms with Crippen LogP contribution in [0.3, 0.4) is 0 Å². The van der Waals surface area contributed by atoms with Gasteiger partial charge in [0, 0.05) is 18.5 Å². The van der Waals surface area contributed by atoms with Crippen molar-refractivity contribution in [2.45, 2.75) is 25.7 Å². The molecule has 0 aliphatic heterocycles. The summed E-state index contributed by atoms with van der Waals surface area (Å²) in [6.45, 7) is 2.01. The van der Waals surface area contributed by atoms with Gasteiger partial charge in [-0.3, -0.25) is 0 Å². The van der Waals surface area contributed by atoms with Crippen molar-refractivity contribution >= 4 is 21.7 Å². The van der Waals surface area contributed by atoms with Crippen molar-refractivity contribution in [2.24, 2.45) is 0 Å². The fourth-order valence-corrected chi connectivity index (χ4v) is 2.37. The van der Waals surface area contributed by atoms with Gasteiger partial charge in [0.1, 0.15) is 17.3 Å². The molecule has 2 aromatic heterocycles. The van der Waals surface area contributed by atoms with E-state index >= 15 is 0 Å². The van der Waals surface area contributed by atoms with Gasteiger partial charge in [-0.1, -0.05) is 0 Å². The van der Waals surface area contributed by atoms with Crippen molar-refractivity contribution in [2.75, 3.05) is 12.4 Å². The molecule has 0 atom stereocenters. The van der Waals surface area contributed by atoms with Crippen LogP contribution in [0.15, 0.2) is 21.2 Å². The second-order valence-corrected chi connectivity index (χ2v) is 5.38. The number of aromatic nitrogens is 2. The van der Waals surface area contributed by atoms with Gasteiger partial charge in [0.15, 0.2) is 5.76 Å². The van der Waals surface area contributed by atoms with E-state index in [4.69, 9.17) is 4.42 Å². The monoisotopic (exact) mass is 307 g/mol. The van der Waals surface area contributed by atoms with Crippen molar-refractivity contribution in [1.82, 2.24) is 9.97 Å². The van der Waals surface area contributed by atoms with Crippen LogP contribution in [-0.4, -0.2) is 17.0 Å². The minimum absolute atomic E-state index is 0.519. The van der Waals surface area contributed by atoms with Crippen LogP contribution in [0.5, 0.6) is 0 Å². The molecule has 5 heteroatoms. The Kier molecular flexibility index (Phi) is 2.86. The molecule has 1 fully saturated rings. The highest BCUT2D eigenvalue weighted by atomic mass is 79.9. The van der Waals surface area contributed by atoms with Crippen LogP contribution in [0, 0.1) is 6.92 Å². The van der Waals surface area contributed by atoms with E-state index in [0.29, 0.717) is 5.92 Å². The first-order valence-corrected chi connectivity index (χ1v) is 6.79.